The number of rotatable bonds is 7. The van der Waals surface area contributed by atoms with E-state index in [0.29, 0.717) is 34.5 Å². The molecule has 2 N–H and O–H groups in total. The van der Waals surface area contributed by atoms with E-state index in [0.717, 1.165) is 16.8 Å². The number of hydrogen-bond acceptors (Lipinski definition) is 9. The van der Waals surface area contributed by atoms with Crippen LogP contribution in [-0.2, 0) is 0 Å². The molecule has 1 aliphatic rings. The van der Waals surface area contributed by atoms with Crippen molar-refractivity contribution in [2.45, 2.75) is 13.0 Å². The highest BCUT2D eigenvalue weighted by Crippen LogP contribution is 2.39. The molecule has 0 saturated heterocycles. The molecule has 0 fully saturated rings. The summed E-state index contributed by atoms with van der Waals surface area (Å²) in [4.78, 5) is 21.3. The van der Waals surface area contributed by atoms with Gasteiger partial charge in [0.2, 0.25) is 12.5 Å². The Balaban J connectivity index is 1.35. The zero-order valence-corrected chi connectivity index (χ0v) is 20.1. The number of methoxy groups -OCH3 is 3. The number of amides is 2. The second kappa shape index (κ2) is 9.49. The van der Waals surface area contributed by atoms with Crippen molar-refractivity contribution in [3.63, 3.8) is 0 Å². The van der Waals surface area contributed by atoms with Gasteiger partial charge < -0.3 is 29.0 Å². The second-order valence-corrected chi connectivity index (χ2v) is 7.82. The minimum absolute atomic E-state index is 0.102. The number of benzene rings is 2. The van der Waals surface area contributed by atoms with Crippen molar-refractivity contribution in [1.29, 1.82) is 0 Å². The summed E-state index contributed by atoms with van der Waals surface area (Å²) in [6.07, 6.45) is 1.63. The molecule has 0 aliphatic carbocycles. The summed E-state index contributed by atoms with van der Waals surface area (Å²) in [7, 11) is 4.60. The van der Waals surface area contributed by atoms with Crippen LogP contribution in [0.1, 0.15) is 18.5 Å². The molecule has 36 heavy (non-hydrogen) atoms. The predicted molar refractivity (Wildman–Crippen MR) is 129 cm³/mol. The molecule has 0 radical (unpaired) electrons. The van der Waals surface area contributed by atoms with Crippen LogP contribution in [0.2, 0.25) is 0 Å². The second-order valence-electron chi connectivity index (χ2n) is 7.82. The van der Waals surface area contributed by atoms with Crippen molar-refractivity contribution in [1.82, 2.24) is 24.9 Å². The van der Waals surface area contributed by atoms with E-state index in [2.05, 4.69) is 25.7 Å². The first-order valence-electron chi connectivity index (χ1n) is 11.0. The Bertz CT molecular complexity index is 1410. The minimum atomic E-state index is -0.489. The van der Waals surface area contributed by atoms with Crippen LogP contribution < -0.4 is 34.3 Å². The van der Waals surface area contributed by atoms with E-state index in [4.69, 9.17) is 23.7 Å². The van der Waals surface area contributed by atoms with Gasteiger partial charge in [0.05, 0.1) is 33.1 Å². The molecule has 12 heteroatoms. The standard InChI is InChI=1S/C24H24N6O6/c1-13(15-10-19(32-2)21(34-4)20(11-15)33-3)26-24(31)28-22-27-23-25-8-7-16(30(23)29-22)14-5-6-17-18(9-14)36-12-35-17/h5-11,13H,12H2,1-4H3,(H2,26,28,29,31)/t13-/m0/s1. The minimum Gasteiger partial charge on any atom is -0.493 e. The van der Waals surface area contributed by atoms with Crippen LogP contribution in [0.3, 0.4) is 0 Å². The Morgan fingerprint density at radius 2 is 1.78 bits per heavy atom. The van der Waals surface area contributed by atoms with E-state index in [1.54, 1.807) is 28.9 Å². The van der Waals surface area contributed by atoms with Crippen molar-refractivity contribution >= 4 is 17.8 Å². The quantitative estimate of drug-likeness (QED) is 0.398. The van der Waals surface area contributed by atoms with Gasteiger partial charge in [0.15, 0.2) is 23.0 Å². The van der Waals surface area contributed by atoms with Gasteiger partial charge in [-0.2, -0.15) is 9.50 Å². The lowest BCUT2D eigenvalue weighted by atomic mass is 10.1. The predicted octanol–water partition coefficient (Wildman–Crippen LogP) is 3.43. The summed E-state index contributed by atoms with van der Waals surface area (Å²) in [6.45, 7) is 2.02. The van der Waals surface area contributed by atoms with Gasteiger partial charge in [-0.15, -0.1) is 5.10 Å². The van der Waals surface area contributed by atoms with Crippen LogP contribution in [0.15, 0.2) is 42.6 Å². The number of carbonyl (C=O) groups excluding carboxylic acids is 1. The van der Waals surface area contributed by atoms with Crippen molar-refractivity contribution in [3.05, 3.63) is 48.2 Å². The third kappa shape index (κ3) is 4.24. The Hall–Kier alpha value is -4.74. The zero-order chi connectivity index (χ0) is 25.2. The molecule has 12 nitrogen and oxygen atoms in total. The van der Waals surface area contributed by atoms with Gasteiger partial charge in [0.1, 0.15) is 0 Å². The van der Waals surface area contributed by atoms with Crippen molar-refractivity contribution < 1.29 is 28.5 Å². The third-order valence-corrected chi connectivity index (χ3v) is 5.67. The molecule has 0 saturated carbocycles. The van der Waals surface area contributed by atoms with Crippen molar-refractivity contribution in [2.24, 2.45) is 0 Å². The van der Waals surface area contributed by atoms with Crippen LogP contribution in [0.4, 0.5) is 10.7 Å². The van der Waals surface area contributed by atoms with Gasteiger partial charge in [-0.25, -0.2) is 9.78 Å². The summed E-state index contributed by atoms with van der Waals surface area (Å²) < 4.78 is 28.6. The molecule has 2 aromatic heterocycles. The first-order valence-corrected chi connectivity index (χ1v) is 11.0. The molecule has 0 spiro atoms. The monoisotopic (exact) mass is 492 g/mol. The summed E-state index contributed by atoms with van der Waals surface area (Å²) in [5, 5.41) is 9.95. The molecule has 4 aromatic rings. The lowest BCUT2D eigenvalue weighted by molar-refractivity contribution is 0.174. The number of anilines is 1. The van der Waals surface area contributed by atoms with E-state index >= 15 is 0 Å². The number of fused-ring (bicyclic) bond motifs is 2. The average molecular weight is 492 g/mol. The maximum Gasteiger partial charge on any atom is 0.322 e. The number of nitrogens with one attached hydrogen (secondary N) is 2. The van der Waals surface area contributed by atoms with Gasteiger partial charge in [-0.05, 0) is 48.9 Å². The summed E-state index contributed by atoms with van der Waals surface area (Å²) in [5.41, 5.74) is 2.32. The molecule has 2 aromatic carbocycles. The van der Waals surface area contributed by atoms with E-state index in [1.807, 2.05) is 25.1 Å². The van der Waals surface area contributed by atoms with Crippen molar-refractivity contribution in [2.75, 3.05) is 33.4 Å². The highest BCUT2D eigenvalue weighted by Gasteiger charge is 2.20. The largest absolute Gasteiger partial charge is 0.493 e. The van der Waals surface area contributed by atoms with Crippen LogP contribution in [0.25, 0.3) is 17.0 Å². The molecule has 3 heterocycles. The molecule has 0 bridgehead atoms. The Labute approximate surface area is 206 Å². The molecule has 1 atom stereocenters. The number of hydrogen-bond donors (Lipinski definition) is 2. The van der Waals surface area contributed by atoms with Crippen molar-refractivity contribution in [3.8, 4) is 40.0 Å². The van der Waals surface area contributed by atoms with Gasteiger partial charge in [-0.1, -0.05) is 0 Å². The summed E-state index contributed by atoms with van der Waals surface area (Å²) in [6, 6.07) is 10.1. The van der Waals surface area contributed by atoms with E-state index in [1.165, 1.54) is 21.3 Å². The summed E-state index contributed by atoms with van der Waals surface area (Å²) in [5.74, 6) is 3.22. The first-order chi connectivity index (χ1) is 17.5. The zero-order valence-electron chi connectivity index (χ0n) is 20.1. The number of urea groups is 1. The summed E-state index contributed by atoms with van der Waals surface area (Å²) >= 11 is 0. The van der Waals surface area contributed by atoms with Gasteiger partial charge in [0.25, 0.3) is 11.7 Å². The number of nitrogens with zero attached hydrogens (tertiary/aromatic N) is 4. The van der Waals surface area contributed by atoms with Gasteiger partial charge >= 0.3 is 6.03 Å². The van der Waals surface area contributed by atoms with Crippen LogP contribution >= 0.6 is 0 Å². The number of aromatic nitrogens is 4. The van der Waals surface area contributed by atoms with Gasteiger partial charge in [0, 0.05) is 11.8 Å². The first kappa shape index (κ1) is 23.0. The fourth-order valence-corrected chi connectivity index (χ4v) is 3.89. The topological polar surface area (TPSA) is 130 Å². The van der Waals surface area contributed by atoms with Crippen LogP contribution in [0.5, 0.6) is 28.7 Å². The Morgan fingerprint density at radius 1 is 1.03 bits per heavy atom. The normalized spacial score (nSPS) is 12.8. The molecular formula is C24H24N6O6. The molecule has 1 aliphatic heterocycles. The molecule has 5 rings (SSSR count). The molecular weight excluding hydrogens is 468 g/mol. The van der Waals surface area contributed by atoms with Crippen LogP contribution in [-0.4, -0.2) is 53.7 Å². The van der Waals surface area contributed by atoms with E-state index in [9.17, 15) is 4.79 Å². The average Bonchev–Trinajstić information content (AvgIpc) is 3.53. The highest BCUT2D eigenvalue weighted by molar-refractivity contribution is 5.88. The Kier molecular flexibility index (Phi) is 6.07. The SMILES string of the molecule is COc1cc([C@H](C)NC(=O)Nc2nc3nccc(-c4ccc5c(c4)OCO5)n3n2)cc(OC)c1OC. The fourth-order valence-electron chi connectivity index (χ4n) is 3.89. The molecule has 186 valence electrons. The van der Waals surface area contributed by atoms with E-state index < -0.39 is 12.1 Å². The smallest absolute Gasteiger partial charge is 0.322 e. The van der Waals surface area contributed by atoms with Crippen LogP contribution in [0, 0.1) is 0 Å². The maximum atomic E-state index is 12.7. The fraction of sp³-hybridized carbons (Fsp3) is 0.250. The maximum absolute atomic E-state index is 12.7. The lowest BCUT2D eigenvalue weighted by Gasteiger charge is -2.18. The third-order valence-electron chi connectivity index (χ3n) is 5.67. The van der Waals surface area contributed by atoms with Gasteiger partial charge in [-0.3, -0.25) is 5.32 Å². The number of ether oxygens (including phenoxy) is 5. The lowest BCUT2D eigenvalue weighted by Crippen LogP contribution is -2.31. The molecule has 0 unspecified atom stereocenters. The number of carbonyl (C=O) groups is 1. The highest BCUT2D eigenvalue weighted by atomic mass is 16.7. The Morgan fingerprint density at radius 3 is 2.50 bits per heavy atom. The van der Waals surface area contributed by atoms with E-state index in [-0.39, 0.29) is 12.7 Å². The molecule has 2 amide bonds.